The Morgan fingerprint density at radius 3 is 2.27 bits per heavy atom. The van der Waals surface area contributed by atoms with Crippen LogP contribution in [0.15, 0.2) is 72.9 Å². The van der Waals surface area contributed by atoms with Crippen LogP contribution in [-0.4, -0.2) is 111 Å². The molecule has 2 saturated heterocycles. The normalized spacial score (nSPS) is 16.8. The first kappa shape index (κ1) is 31.4. The van der Waals surface area contributed by atoms with E-state index in [1.165, 1.54) is 10.6 Å². The zero-order valence-corrected chi connectivity index (χ0v) is 26.1. The van der Waals surface area contributed by atoms with Crippen molar-refractivity contribution in [2.75, 3.05) is 75.9 Å². The highest BCUT2D eigenvalue weighted by Gasteiger charge is 2.25. The maximum absolute atomic E-state index is 13.0. The third-order valence-electron chi connectivity index (χ3n) is 8.20. The Morgan fingerprint density at radius 2 is 1.61 bits per heavy atom. The molecule has 234 valence electrons. The molecule has 1 N–H and O–H groups in total. The largest absolute Gasteiger partial charge is 0.446 e. The van der Waals surface area contributed by atoms with Crippen molar-refractivity contribution in [1.29, 1.82) is 0 Å². The zero-order chi connectivity index (χ0) is 31.1. The lowest BCUT2D eigenvalue weighted by Crippen LogP contribution is -2.48. The van der Waals surface area contributed by atoms with Gasteiger partial charge in [-0.1, -0.05) is 48.5 Å². The van der Waals surface area contributed by atoms with Crippen LogP contribution in [0, 0.1) is 0 Å². The summed E-state index contributed by atoms with van der Waals surface area (Å²) >= 11 is 0. The molecule has 0 saturated carbocycles. The number of carbonyl (C=O) groups excluding carboxylic acids is 2. The number of ether oxygens (including phenoxy) is 1. The Morgan fingerprint density at radius 1 is 0.932 bits per heavy atom. The first-order valence-corrected chi connectivity index (χ1v) is 16.8. The van der Waals surface area contributed by atoms with Gasteiger partial charge >= 0.3 is 6.09 Å². The zero-order valence-electron chi connectivity index (χ0n) is 25.3. The van der Waals surface area contributed by atoms with E-state index < -0.39 is 16.1 Å². The van der Waals surface area contributed by atoms with Gasteiger partial charge in [-0.2, -0.15) is 4.31 Å². The summed E-state index contributed by atoms with van der Waals surface area (Å²) in [5.74, 6) is -0.149. The molecule has 2 amide bonds. The third kappa shape index (κ3) is 8.13. The lowest BCUT2D eigenvalue weighted by atomic mass is 10.0. The summed E-state index contributed by atoms with van der Waals surface area (Å²) in [7, 11) is -1.41. The number of nitrogens with zero attached hydrogens (tertiary/aromatic N) is 5. The molecule has 5 rings (SSSR count). The number of nitrogens with one attached hydrogen (secondary N) is 1. The fourth-order valence-electron chi connectivity index (χ4n) is 5.57. The van der Waals surface area contributed by atoms with Gasteiger partial charge in [-0.3, -0.25) is 10.1 Å². The van der Waals surface area contributed by atoms with Gasteiger partial charge in [0.2, 0.25) is 10.0 Å². The maximum Gasteiger partial charge on any atom is 0.411 e. The quantitative estimate of drug-likeness (QED) is 0.386. The van der Waals surface area contributed by atoms with E-state index in [0.717, 1.165) is 42.7 Å². The highest BCUT2D eigenvalue weighted by Crippen LogP contribution is 2.28. The first-order valence-electron chi connectivity index (χ1n) is 14.9. The van der Waals surface area contributed by atoms with Gasteiger partial charge in [0.05, 0.1) is 23.8 Å². The molecule has 3 heterocycles. The standard InChI is InChI=1S/C32H40N6O5S/c1-35(31(39)30-13-12-26(24-33-30)37-20-22-38(23-21-37)44(2,41)42)18-19-36-16-14-27(15-17-36)43-32(40)34-29-11-7-6-10-28(29)25-8-4-3-5-9-25/h3-13,24,27H,14-23H2,1-2H3,(H,34,40). The second kappa shape index (κ2) is 14.2. The Bertz CT molecular complexity index is 1520. The second-order valence-corrected chi connectivity index (χ2v) is 13.2. The van der Waals surface area contributed by atoms with Gasteiger partial charge in [0, 0.05) is 65.0 Å². The number of benzene rings is 2. The Labute approximate surface area is 259 Å². The van der Waals surface area contributed by atoms with Crippen molar-refractivity contribution >= 4 is 33.4 Å². The van der Waals surface area contributed by atoms with Gasteiger partial charge in [-0.25, -0.2) is 18.2 Å². The average Bonchev–Trinajstić information content (AvgIpc) is 3.04. The van der Waals surface area contributed by atoms with Crippen molar-refractivity contribution < 1.29 is 22.7 Å². The molecule has 2 fully saturated rings. The summed E-state index contributed by atoms with van der Waals surface area (Å²) < 4.78 is 30.7. The molecule has 1 aromatic heterocycles. The highest BCUT2D eigenvalue weighted by molar-refractivity contribution is 7.88. The number of rotatable bonds is 9. The Hall–Kier alpha value is -4.00. The number of piperidine rings is 1. The molecule has 0 unspecified atom stereocenters. The number of piperazine rings is 1. The van der Waals surface area contributed by atoms with E-state index in [1.807, 2.05) is 60.7 Å². The molecule has 0 radical (unpaired) electrons. The molecule has 2 aliphatic rings. The third-order valence-corrected chi connectivity index (χ3v) is 9.50. The maximum atomic E-state index is 13.0. The molecule has 11 nitrogen and oxygen atoms in total. The van der Waals surface area contributed by atoms with Gasteiger partial charge in [0.25, 0.3) is 5.91 Å². The molecule has 0 bridgehead atoms. The summed E-state index contributed by atoms with van der Waals surface area (Å²) in [6.45, 7) is 4.85. The summed E-state index contributed by atoms with van der Waals surface area (Å²) in [5.41, 5.74) is 3.92. The second-order valence-electron chi connectivity index (χ2n) is 11.3. The highest BCUT2D eigenvalue weighted by atomic mass is 32.2. The lowest BCUT2D eigenvalue weighted by molar-refractivity contribution is 0.0539. The minimum absolute atomic E-state index is 0.149. The van der Waals surface area contributed by atoms with Gasteiger partial charge in [-0.05, 0) is 36.6 Å². The van der Waals surface area contributed by atoms with Gasteiger partial charge in [0.15, 0.2) is 0 Å². The van der Waals surface area contributed by atoms with Crippen LogP contribution in [0.4, 0.5) is 16.2 Å². The summed E-state index contributed by atoms with van der Waals surface area (Å²) in [4.78, 5) is 36.1. The Kier molecular flexibility index (Phi) is 10.1. The van der Waals surface area contributed by atoms with Crippen LogP contribution >= 0.6 is 0 Å². The number of amides is 2. The van der Waals surface area contributed by atoms with E-state index in [0.29, 0.717) is 50.6 Å². The molecular weight excluding hydrogens is 580 g/mol. The van der Waals surface area contributed by atoms with Crippen molar-refractivity contribution in [1.82, 2.24) is 19.1 Å². The summed E-state index contributed by atoms with van der Waals surface area (Å²) in [6.07, 6.45) is 3.75. The fourth-order valence-corrected chi connectivity index (χ4v) is 6.40. The van der Waals surface area contributed by atoms with Crippen LogP contribution in [-0.2, 0) is 14.8 Å². The van der Waals surface area contributed by atoms with Crippen LogP contribution < -0.4 is 10.2 Å². The van der Waals surface area contributed by atoms with Crippen molar-refractivity contribution in [2.24, 2.45) is 0 Å². The van der Waals surface area contributed by atoms with E-state index in [1.54, 1.807) is 24.2 Å². The number of hydrogen-bond donors (Lipinski definition) is 1. The smallest absolute Gasteiger partial charge is 0.411 e. The lowest BCUT2D eigenvalue weighted by Gasteiger charge is -2.34. The minimum Gasteiger partial charge on any atom is -0.446 e. The van der Waals surface area contributed by atoms with E-state index in [4.69, 9.17) is 4.74 Å². The van der Waals surface area contributed by atoms with Crippen molar-refractivity contribution in [3.8, 4) is 11.1 Å². The molecule has 3 aromatic rings. The number of aromatic nitrogens is 1. The predicted octanol–water partition coefficient (Wildman–Crippen LogP) is 3.62. The van der Waals surface area contributed by atoms with Crippen molar-refractivity contribution in [2.45, 2.75) is 18.9 Å². The van der Waals surface area contributed by atoms with Crippen molar-refractivity contribution in [3.63, 3.8) is 0 Å². The number of para-hydroxylation sites is 1. The number of sulfonamides is 1. The molecule has 12 heteroatoms. The minimum atomic E-state index is -3.19. The number of likely N-dealkylation sites (N-methyl/N-ethyl adjacent to an activating group) is 1. The topological polar surface area (TPSA) is 115 Å². The fraction of sp³-hybridized carbons (Fsp3) is 0.406. The van der Waals surface area contributed by atoms with Crippen LogP contribution in [0.3, 0.4) is 0 Å². The first-order chi connectivity index (χ1) is 21.2. The average molecular weight is 621 g/mol. The summed E-state index contributed by atoms with van der Waals surface area (Å²) in [6, 6.07) is 21.2. The van der Waals surface area contributed by atoms with E-state index >= 15 is 0 Å². The van der Waals surface area contributed by atoms with Gasteiger partial charge in [0.1, 0.15) is 11.8 Å². The van der Waals surface area contributed by atoms with E-state index in [-0.39, 0.29) is 12.0 Å². The number of anilines is 2. The van der Waals surface area contributed by atoms with Crippen LogP contribution in [0.25, 0.3) is 11.1 Å². The van der Waals surface area contributed by atoms with E-state index in [9.17, 15) is 18.0 Å². The van der Waals surface area contributed by atoms with Gasteiger partial charge < -0.3 is 19.4 Å². The summed E-state index contributed by atoms with van der Waals surface area (Å²) in [5, 5.41) is 2.91. The molecule has 2 aliphatic heterocycles. The number of likely N-dealkylation sites (tertiary alicyclic amines) is 1. The molecule has 0 spiro atoms. The van der Waals surface area contributed by atoms with Crippen LogP contribution in [0.1, 0.15) is 23.3 Å². The molecular formula is C32H40N6O5S. The molecule has 0 atom stereocenters. The van der Waals surface area contributed by atoms with Crippen molar-refractivity contribution in [3.05, 3.63) is 78.6 Å². The van der Waals surface area contributed by atoms with E-state index in [2.05, 4.69) is 20.1 Å². The number of hydrogen-bond acceptors (Lipinski definition) is 8. The number of pyridine rings is 1. The Balaban J connectivity index is 1.03. The predicted molar refractivity (Wildman–Crippen MR) is 171 cm³/mol. The van der Waals surface area contributed by atoms with Crippen LogP contribution in [0.5, 0.6) is 0 Å². The monoisotopic (exact) mass is 620 g/mol. The number of carbonyl (C=O) groups is 2. The van der Waals surface area contributed by atoms with Crippen LogP contribution in [0.2, 0.25) is 0 Å². The van der Waals surface area contributed by atoms with Gasteiger partial charge in [-0.15, -0.1) is 0 Å². The molecule has 2 aromatic carbocycles. The molecule has 0 aliphatic carbocycles. The SMILES string of the molecule is CN(CCN1CCC(OC(=O)Nc2ccccc2-c2ccccc2)CC1)C(=O)c1ccc(N2CCN(S(C)(=O)=O)CC2)cn1. The molecule has 44 heavy (non-hydrogen) atoms.